The third kappa shape index (κ3) is 8.95. The van der Waals surface area contributed by atoms with E-state index in [4.69, 9.17) is 9.47 Å². The molecular formula is C38H47BrN4O5. The van der Waals surface area contributed by atoms with Crippen LogP contribution in [0.5, 0.6) is 5.75 Å². The highest BCUT2D eigenvalue weighted by molar-refractivity contribution is 9.10. The maximum Gasteiger partial charge on any atom is 0.413 e. The highest BCUT2D eigenvalue weighted by Gasteiger charge is 2.44. The maximum atomic E-state index is 14.0. The van der Waals surface area contributed by atoms with Crippen LogP contribution in [-0.4, -0.2) is 73.8 Å². The fraction of sp³-hybridized carbons (Fsp3) is 0.500. The number of ether oxygens (including phenoxy) is 2. The molecule has 2 saturated heterocycles. The molecule has 3 aliphatic rings. The number of fused-ring (bicyclic) bond motifs is 1. The van der Waals surface area contributed by atoms with Crippen LogP contribution in [-0.2, 0) is 20.7 Å². The molecule has 6 rings (SSSR count). The van der Waals surface area contributed by atoms with Crippen molar-refractivity contribution in [1.82, 2.24) is 20.9 Å². The summed E-state index contributed by atoms with van der Waals surface area (Å²) in [7, 11) is 0. The number of hydrogen-bond donors (Lipinski definition) is 3. The molecule has 3 amide bonds. The van der Waals surface area contributed by atoms with Crippen LogP contribution in [0.2, 0.25) is 0 Å². The molecule has 0 spiro atoms. The van der Waals surface area contributed by atoms with Crippen molar-refractivity contribution >= 4 is 44.6 Å². The van der Waals surface area contributed by atoms with E-state index in [0.29, 0.717) is 37.5 Å². The first-order valence-corrected chi connectivity index (χ1v) is 18.3. The SMILES string of the molecule is O=C(NC1(C(=O)N[C@H](Cc2ccccc2)C(=O)NCC2CCN(CC3CCOCC3)CC2)CCCC1)Oc1ccc2c(Br)cccc2c1. The van der Waals surface area contributed by atoms with Gasteiger partial charge in [-0.1, -0.05) is 71.2 Å². The van der Waals surface area contributed by atoms with Crippen molar-refractivity contribution in [2.45, 2.75) is 69.4 Å². The standard InChI is InChI=1S/C38H47BrN4O5/c39-33-10-6-9-30-24-31(11-12-32(30)33)48-37(46)42-38(17-4-5-18-38)36(45)41-34(23-27-7-2-1-3-8-27)35(44)40-25-28-13-19-43(20-14-28)26-29-15-21-47-22-16-29/h1-3,6-12,24,28-29,34H,4-5,13-23,25-26H2,(H,40,44)(H,41,45)(H,42,46)/t34-/m1/s1. The van der Waals surface area contributed by atoms with Crippen molar-refractivity contribution in [1.29, 1.82) is 0 Å². The first kappa shape index (κ1) is 34.4. The minimum atomic E-state index is -1.15. The lowest BCUT2D eigenvalue weighted by atomic mass is 9.93. The molecule has 9 nitrogen and oxygen atoms in total. The molecule has 0 radical (unpaired) electrons. The Labute approximate surface area is 291 Å². The molecule has 0 bridgehead atoms. The van der Waals surface area contributed by atoms with Crippen LogP contribution < -0.4 is 20.7 Å². The summed E-state index contributed by atoms with van der Waals surface area (Å²) in [5.41, 5.74) is -0.195. The zero-order valence-corrected chi connectivity index (χ0v) is 29.1. The van der Waals surface area contributed by atoms with E-state index in [1.165, 1.54) is 0 Å². The average Bonchev–Trinajstić information content (AvgIpc) is 3.58. The molecule has 10 heteroatoms. The van der Waals surface area contributed by atoms with Gasteiger partial charge in [-0.2, -0.15) is 0 Å². The quantitative estimate of drug-likeness (QED) is 0.225. The number of nitrogens with zero attached hydrogens (tertiary/aromatic N) is 1. The zero-order valence-electron chi connectivity index (χ0n) is 27.6. The van der Waals surface area contributed by atoms with Crippen molar-refractivity contribution in [3.05, 3.63) is 76.8 Å². The largest absolute Gasteiger partial charge is 0.413 e. The van der Waals surface area contributed by atoms with E-state index < -0.39 is 17.7 Å². The molecule has 3 fully saturated rings. The fourth-order valence-electron chi connectivity index (χ4n) is 7.39. The van der Waals surface area contributed by atoms with Crippen LogP contribution in [0.4, 0.5) is 4.79 Å². The summed E-state index contributed by atoms with van der Waals surface area (Å²) in [6.07, 6.45) is 6.59. The lowest BCUT2D eigenvalue weighted by Gasteiger charge is -2.35. The van der Waals surface area contributed by atoms with Crippen LogP contribution in [0.25, 0.3) is 10.8 Å². The second-order valence-corrected chi connectivity index (χ2v) is 14.5. The van der Waals surface area contributed by atoms with Gasteiger partial charge in [-0.05, 0) is 104 Å². The topological polar surface area (TPSA) is 109 Å². The molecule has 3 N–H and O–H groups in total. The Bertz CT molecular complexity index is 1550. The maximum absolute atomic E-state index is 14.0. The van der Waals surface area contributed by atoms with E-state index in [1.54, 1.807) is 12.1 Å². The van der Waals surface area contributed by atoms with Gasteiger partial charge in [0.25, 0.3) is 0 Å². The fourth-order valence-corrected chi connectivity index (χ4v) is 7.91. The molecule has 2 aliphatic heterocycles. The molecule has 3 aromatic rings. The van der Waals surface area contributed by atoms with Crippen molar-refractivity contribution in [2.24, 2.45) is 11.8 Å². The van der Waals surface area contributed by atoms with E-state index in [1.807, 2.05) is 54.6 Å². The normalized spacial score (nSPS) is 19.4. The molecule has 256 valence electrons. The minimum Gasteiger partial charge on any atom is -0.410 e. The number of halogens is 1. The Kier molecular flexibility index (Phi) is 11.7. The van der Waals surface area contributed by atoms with Gasteiger partial charge < -0.3 is 30.3 Å². The highest BCUT2D eigenvalue weighted by atomic mass is 79.9. The van der Waals surface area contributed by atoms with Gasteiger partial charge in [-0.3, -0.25) is 9.59 Å². The van der Waals surface area contributed by atoms with Gasteiger partial charge in [-0.15, -0.1) is 0 Å². The number of benzene rings is 3. The summed E-state index contributed by atoms with van der Waals surface area (Å²) in [6, 6.07) is 20.2. The molecule has 1 aliphatic carbocycles. The van der Waals surface area contributed by atoms with Crippen molar-refractivity contribution < 1.29 is 23.9 Å². The molecule has 1 atom stereocenters. The molecule has 0 aromatic heterocycles. The summed E-state index contributed by atoms with van der Waals surface area (Å²) in [5.74, 6) is 0.967. The van der Waals surface area contributed by atoms with Gasteiger partial charge in [0.1, 0.15) is 17.3 Å². The van der Waals surface area contributed by atoms with Crippen molar-refractivity contribution in [3.63, 3.8) is 0 Å². The smallest absolute Gasteiger partial charge is 0.410 e. The monoisotopic (exact) mass is 718 g/mol. The lowest BCUT2D eigenvalue weighted by molar-refractivity contribution is -0.132. The number of amides is 3. The molecule has 48 heavy (non-hydrogen) atoms. The third-order valence-electron chi connectivity index (χ3n) is 10.3. The number of rotatable bonds is 11. The number of hydrogen-bond acceptors (Lipinski definition) is 6. The molecule has 2 heterocycles. The predicted molar refractivity (Wildman–Crippen MR) is 190 cm³/mol. The van der Waals surface area contributed by atoms with Gasteiger partial charge in [-0.25, -0.2) is 4.79 Å². The first-order chi connectivity index (χ1) is 23.4. The molecule has 3 aromatic carbocycles. The van der Waals surface area contributed by atoms with Crippen LogP contribution in [0.1, 0.15) is 56.9 Å². The van der Waals surface area contributed by atoms with Gasteiger partial charge in [0, 0.05) is 37.2 Å². The predicted octanol–water partition coefficient (Wildman–Crippen LogP) is 5.99. The van der Waals surface area contributed by atoms with Crippen LogP contribution in [0.3, 0.4) is 0 Å². The number of carbonyl (C=O) groups is 3. The highest BCUT2D eigenvalue weighted by Crippen LogP contribution is 2.31. The lowest BCUT2D eigenvalue weighted by Crippen LogP contribution is -2.61. The van der Waals surface area contributed by atoms with E-state index in [2.05, 4.69) is 36.8 Å². The number of piperidine rings is 1. The Morgan fingerprint density at radius 1 is 0.917 bits per heavy atom. The van der Waals surface area contributed by atoms with Crippen molar-refractivity contribution in [2.75, 3.05) is 39.4 Å². The first-order valence-electron chi connectivity index (χ1n) is 17.5. The van der Waals surface area contributed by atoms with E-state index >= 15 is 0 Å². The zero-order chi connectivity index (χ0) is 33.3. The van der Waals surface area contributed by atoms with Gasteiger partial charge in [0.15, 0.2) is 0 Å². The number of nitrogens with one attached hydrogen (secondary N) is 3. The Balaban J connectivity index is 1.06. The van der Waals surface area contributed by atoms with E-state index in [0.717, 1.165) is 98.1 Å². The van der Waals surface area contributed by atoms with Gasteiger partial charge in [0.2, 0.25) is 11.8 Å². The molecule has 1 saturated carbocycles. The second-order valence-electron chi connectivity index (χ2n) is 13.7. The van der Waals surface area contributed by atoms with Crippen molar-refractivity contribution in [3.8, 4) is 5.75 Å². The third-order valence-corrected chi connectivity index (χ3v) is 11.0. The Morgan fingerprint density at radius 2 is 1.67 bits per heavy atom. The van der Waals surface area contributed by atoms with Crippen LogP contribution in [0.15, 0.2) is 71.2 Å². The van der Waals surface area contributed by atoms with Crippen LogP contribution in [0, 0.1) is 11.8 Å². The van der Waals surface area contributed by atoms with Gasteiger partial charge >= 0.3 is 6.09 Å². The number of carbonyl (C=O) groups excluding carboxylic acids is 3. The average molecular weight is 720 g/mol. The summed E-state index contributed by atoms with van der Waals surface area (Å²) < 4.78 is 12.1. The number of likely N-dealkylation sites (tertiary alicyclic amines) is 1. The second kappa shape index (κ2) is 16.3. The minimum absolute atomic E-state index is 0.199. The summed E-state index contributed by atoms with van der Waals surface area (Å²) in [4.78, 5) is 43.5. The van der Waals surface area contributed by atoms with E-state index in [-0.39, 0.29) is 11.8 Å². The summed E-state index contributed by atoms with van der Waals surface area (Å²) >= 11 is 3.55. The Hall–Kier alpha value is -3.47. The summed E-state index contributed by atoms with van der Waals surface area (Å²) in [5, 5.41) is 11.0. The molecular weight excluding hydrogens is 672 g/mol. The van der Waals surface area contributed by atoms with E-state index in [9.17, 15) is 14.4 Å². The van der Waals surface area contributed by atoms with Crippen LogP contribution >= 0.6 is 15.9 Å². The van der Waals surface area contributed by atoms with Gasteiger partial charge in [0.05, 0.1) is 0 Å². The molecule has 0 unspecified atom stereocenters. The summed E-state index contributed by atoms with van der Waals surface area (Å²) in [6.45, 7) is 5.56. The Morgan fingerprint density at radius 3 is 2.42 bits per heavy atom.